The monoisotopic (exact) mass is 473 g/mol. The summed E-state index contributed by atoms with van der Waals surface area (Å²) in [5.74, 6) is 1.33. The minimum Gasteiger partial charge on any atom is -0.353 e. The standard InChI is InChI=1S/C18H24ClN5.HI/c1-11-16(12(2)24(4)23-11)10-21-18(20-3)22-17-9-15(17)13-6-5-7-14(19)8-13;/h5-8,15,17H,9-10H2,1-4H3,(H2,20,21,22);1H. The van der Waals surface area contributed by atoms with Gasteiger partial charge in [0.1, 0.15) is 0 Å². The molecule has 136 valence electrons. The molecule has 3 rings (SSSR count). The third-order valence-electron chi connectivity index (χ3n) is 4.70. The van der Waals surface area contributed by atoms with Gasteiger partial charge in [-0.25, -0.2) is 0 Å². The lowest BCUT2D eigenvalue weighted by Crippen LogP contribution is -2.38. The van der Waals surface area contributed by atoms with Crippen molar-refractivity contribution in [2.24, 2.45) is 12.0 Å². The molecule has 1 fully saturated rings. The Morgan fingerprint density at radius 1 is 1.40 bits per heavy atom. The molecule has 1 aromatic heterocycles. The third-order valence-corrected chi connectivity index (χ3v) is 4.94. The minimum absolute atomic E-state index is 0. The minimum atomic E-state index is 0. The van der Waals surface area contributed by atoms with Gasteiger partial charge in [0.05, 0.1) is 5.69 Å². The van der Waals surface area contributed by atoms with E-state index >= 15 is 0 Å². The number of guanidine groups is 1. The van der Waals surface area contributed by atoms with E-state index in [1.807, 2.05) is 36.9 Å². The van der Waals surface area contributed by atoms with Crippen LogP contribution in [-0.4, -0.2) is 28.8 Å². The van der Waals surface area contributed by atoms with E-state index < -0.39 is 0 Å². The van der Waals surface area contributed by atoms with Gasteiger partial charge >= 0.3 is 0 Å². The third kappa shape index (κ3) is 4.67. The molecule has 5 nitrogen and oxygen atoms in total. The topological polar surface area (TPSA) is 54.2 Å². The number of halogens is 2. The van der Waals surface area contributed by atoms with Gasteiger partial charge in [-0.1, -0.05) is 23.7 Å². The van der Waals surface area contributed by atoms with E-state index in [1.165, 1.54) is 16.8 Å². The Kier molecular flexibility index (Phi) is 6.73. The highest BCUT2D eigenvalue weighted by molar-refractivity contribution is 14.0. The molecule has 0 saturated heterocycles. The van der Waals surface area contributed by atoms with Crippen LogP contribution in [0, 0.1) is 13.8 Å². The van der Waals surface area contributed by atoms with Crippen molar-refractivity contribution in [2.75, 3.05) is 7.05 Å². The van der Waals surface area contributed by atoms with Gasteiger partial charge in [-0.05, 0) is 38.0 Å². The highest BCUT2D eigenvalue weighted by Gasteiger charge is 2.39. The average molecular weight is 474 g/mol. The van der Waals surface area contributed by atoms with Crippen molar-refractivity contribution < 1.29 is 0 Å². The zero-order valence-electron chi connectivity index (χ0n) is 15.0. The van der Waals surface area contributed by atoms with Crippen molar-refractivity contribution in [3.63, 3.8) is 0 Å². The van der Waals surface area contributed by atoms with Crippen LogP contribution in [0.2, 0.25) is 5.02 Å². The molecule has 1 aromatic carbocycles. The summed E-state index contributed by atoms with van der Waals surface area (Å²) in [7, 11) is 3.77. The van der Waals surface area contributed by atoms with Crippen molar-refractivity contribution in [3.8, 4) is 0 Å². The summed E-state index contributed by atoms with van der Waals surface area (Å²) in [5.41, 5.74) is 4.75. The van der Waals surface area contributed by atoms with Gasteiger partial charge in [0.15, 0.2) is 5.96 Å². The van der Waals surface area contributed by atoms with Gasteiger partial charge < -0.3 is 10.6 Å². The number of aliphatic imine (C=N–C) groups is 1. The van der Waals surface area contributed by atoms with E-state index in [4.69, 9.17) is 11.6 Å². The maximum atomic E-state index is 6.08. The summed E-state index contributed by atoms with van der Waals surface area (Å²) in [6.07, 6.45) is 1.10. The molecule has 1 aliphatic carbocycles. The molecule has 7 heteroatoms. The van der Waals surface area contributed by atoms with Gasteiger partial charge in [0.25, 0.3) is 0 Å². The summed E-state index contributed by atoms with van der Waals surface area (Å²) in [4.78, 5) is 4.34. The lowest BCUT2D eigenvalue weighted by Gasteiger charge is -2.12. The Bertz CT molecular complexity index is 771. The number of nitrogens with one attached hydrogen (secondary N) is 2. The number of hydrogen-bond acceptors (Lipinski definition) is 2. The fraction of sp³-hybridized carbons (Fsp3) is 0.444. The van der Waals surface area contributed by atoms with Crippen LogP contribution in [0.25, 0.3) is 0 Å². The number of aryl methyl sites for hydroxylation is 2. The molecule has 2 unspecified atom stereocenters. The van der Waals surface area contributed by atoms with Crippen LogP contribution in [0.4, 0.5) is 0 Å². The number of aromatic nitrogens is 2. The fourth-order valence-electron chi connectivity index (χ4n) is 3.08. The van der Waals surface area contributed by atoms with Gasteiger partial charge in [0, 0.05) is 48.9 Å². The average Bonchev–Trinajstić information content (AvgIpc) is 3.27. The molecule has 0 aliphatic heterocycles. The fourth-order valence-corrected chi connectivity index (χ4v) is 3.27. The lowest BCUT2D eigenvalue weighted by atomic mass is 10.1. The number of nitrogens with zero attached hydrogens (tertiary/aromatic N) is 3. The molecule has 2 aromatic rings. The van der Waals surface area contributed by atoms with Crippen LogP contribution in [-0.2, 0) is 13.6 Å². The van der Waals surface area contributed by atoms with E-state index in [2.05, 4.69) is 33.7 Å². The Morgan fingerprint density at radius 2 is 2.16 bits per heavy atom. The molecule has 1 heterocycles. The highest BCUT2D eigenvalue weighted by Crippen LogP contribution is 2.41. The first-order valence-corrected chi connectivity index (χ1v) is 8.59. The summed E-state index contributed by atoms with van der Waals surface area (Å²) in [5, 5.41) is 12.1. The second-order valence-electron chi connectivity index (χ2n) is 6.35. The first-order valence-electron chi connectivity index (χ1n) is 8.21. The number of benzene rings is 1. The van der Waals surface area contributed by atoms with E-state index in [0.717, 1.165) is 29.6 Å². The second kappa shape index (κ2) is 8.40. The van der Waals surface area contributed by atoms with Crippen LogP contribution in [0.5, 0.6) is 0 Å². The van der Waals surface area contributed by atoms with Crippen molar-refractivity contribution in [1.82, 2.24) is 20.4 Å². The zero-order chi connectivity index (χ0) is 17.3. The normalized spacial score (nSPS) is 19.3. The Hall–Kier alpha value is -1.28. The quantitative estimate of drug-likeness (QED) is 0.406. The van der Waals surface area contributed by atoms with E-state index in [9.17, 15) is 0 Å². The van der Waals surface area contributed by atoms with E-state index in [0.29, 0.717) is 12.0 Å². The zero-order valence-corrected chi connectivity index (χ0v) is 18.1. The van der Waals surface area contributed by atoms with Gasteiger partial charge in [-0.3, -0.25) is 9.67 Å². The number of rotatable bonds is 4. The van der Waals surface area contributed by atoms with Crippen molar-refractivity contribution in [1.29, 1.82) is 0 Å². The number of hydrogen-bond donors (Lipinski definition) is 2. The molecule has 2 atom stereocenters. The SMILES string of the molecule is CN=C(NCc1c(C)nn(C)c1C)NC1CC1c1cccc(Cl)c1.I. The van der Waals surface area contributed by atoms with Gasteiger partial charge in [0.2, 0.25) is 0 Å². The second-order valence-corrected chi connectivity index (χ2v) is 6.78. The van der Waals surface area contributed by atoms with Crippen LogP contribution in [0.15, 0.2) is 29.3 Å². The molecule has 1 aliphatic rings. The summed E-state index contributed by atoms with van der Waals surface area (Å²) in [6.45, 7) is 4.85. The molecular formula is C18H25ClIN5. The predicted molar refractivity (Wildman–Crippen MR) is 114 cm³/mol. The van der Waals surface area contributed by atoms with Crippen molar-refractivity contribution in [2.45, 2.75) is 38.8 Å². The molecule has 0 spiro atoms. The highest BCUT2D eigenvalue weighted by atomic mass is 127. The maximum Gasteiger partial charge on any atom is 0.191 e. The largest absolute Gasteiger partial charge is 0.353 e. The first kappa shape index (κ1) is 20.0. The molecular weight excluding hydrogens is 449 g/mol. The molecule has 0 amide bonds. The van der Waals surface area contributed by atoms with Crippen LogP contribution in [0.1, 0.15) is 34.9 Å². The van der Waals surface area contributed by atoms with Gasteiger partial charge in [-0.15, -0.1) is 24.0 Å². The van der Waals surface area contributed by atoms with Crippen LogP contribution >= 0.6 is 35.6 Å². The predicted octanol–water partition coefficient (Wildman–Crippen LogP) is 3.53. The van der Waals surface area contributed by atoms with Gasteiger partial charge in [-0.2, -0.15) is 5.10 Å². The maximum absolute atomic E-state index is 6.08. The van der Waals surface area contributed by atoms with Crippen LogP contribution in [0.3, 0.4) is 0 Å². The summed E-state index contributed by atoms with van der Waals surface area (Å²) >= 11 is 6.08. The molecule has 0 radical (unpaired) electrons. The first-order chi connectivity index (χ1) is 11.5. The molecule has 0 bridgehead atoms. The summed E-state index contributed by atoms with van der Waals surface area (Å²) in [6, 6.07) is 8.51. The molecule has 1 saturated carbocycles. The van der Waals surface area contributed by atoms with E-state index in [-0.39, 0.29) is 24.0 Å². The van der Waals surface area contributed by atoms with Crippen LogP contribution < -0.4 is 10.6 Å². The smallest absolute Gasteiger partial charge is 0.191 e. The lowest BCUT2D eigenvalue weighted by molar-refractivity contribution is 0.728. The van der Waals surface area contributed by atoms with Crippen molar-refractivity contribution in [3.05, 3.63) is 51.8 Å². The summed E-state index contributed by atoms with van der Waals surface area (Å²) < 4.78 is 1.92. The van der Waals surface area contributed by atoms with Crippen molar-refractivity contribution >= 4 is 41.5 Å². The Morgan fingerprint density at radius 3 is 2.76 bits per heavy atom. The Balaban J connectivity index is 0.00000225. The molecule has 2 N–H and O–H groups in total. The Labute approximate surface area is 171 Å². The molecule has 25 heavy (non-hydrogen) atoms. The van der Waals surface area contributed by atoms with E-state index in [1.54, 1.807) is 7.05 Å².